The summed E-state index contributed by atoms with van der Waals surface area (Å²) in [5.74, 6) is 0.218. The van der Waals surface area contributed by atoms with E-state index in [2.05, 4.69) is 41.2 Å². The third-order valence-corrected chi connectivity index (χ3v) is 4.42. The topological polar surface area (TPSA) is 132 Å². The average Bonchev–Trinajstić information content (AvgIpc) is 3.30. The van der Waals surface area contributed by atoms with Gasteiger partial charge >= 0.3 is 0 Å². The number of anilines is 2. The summed E-state index contributed by atoms with van der Waals surface area (Å²) in [6.45, 7) is 2.01. The molecule has 1 aliphatic heterocycles. The third kappa shape index (κ3) is 3.06. The van der Waals surface area contributed by atoms with Crippen LogP contribution < -0.4 is 10.2 Å². The van der Waals surface area contributed by atoms with Crippen molar-refractivity contribution in [2.75, 3.05) is 23.3 Å². The van der Waals surface area contributed by atoms with Crippen LogP contribution in [0.15, 0.2) is 23.0 Å². The molecule has 0 spiro atoms. The number of H-pyrrole nitrogens is 1. The number of nitrogens with zero attached hydrogens (tertiary/aromatic N) is 7. The highest BCUT2D eigenvalue weighted by atomic mass is 16.6. The van der Waals surface area contributed by atoms with Gasteiger partial charge in [0.25, 0.3) is 0 Å². The molecule has 3 heterocycles. The van der Waals surface area contributed by atoms with Crippen molar-refractivity contribution in [3.8, 4) is 6.07 Å². The van der Waals surface area contributed by atoms with Crippen molar-refractivity contribution >= 4 is 28.0 Å². The van der Waals surface area contributed by atoms with Gasteiger partial charge in [-0.05, 0) is 40.5 Å². The van der Waals surface area contributed by atoms with Crippen molar-refractivity contribution in [2.45, 2.75) is 25.7 Å². The van der Waals surface area contributed by atoms with E-state index in [0.717, 1.165) is 18.8 Å². The standard InChI is InChI=1S/C16H17N9O/c17-9-11(16-19-23-24-20-16)10-18-12-5-6-13(15-14(12)21-26-22-15)25-7-3-1-2-4-8-25/h5-6,10,18H,1-4,7-8H2,(H,19,20,23,24). The molecular weight excluding hydrogens is 334 g/mol. The zero-order valence-corrected chi connectivity index (χ0v) is 14.0. The number of aromatic nitrogens is 6. The van der Waals surface area contributed by atoms with Crippen LogP contribution in [0.25, 0.3) is 16.6 Å². The van der Waals surface area contributed by atoms with Gasteiger partial charge in [-0.15, -0.1) is 10.2 Å². The molecule has 1 aromatic carbocycles. The number of allylic oxidation sites excluding steroid dienone is 1. The Hall–Kier alpha value is -3.48. The van der Waals surface area contributed by atoms with Gasteiger partial charge in [0.15, 0.2) is 11.0 Å². The van der Waals surface area contributed by atoms with Gasteiger partial charge in [0.1, 0.15) is 11.6 Å². The molecule has 1 saturated heterocycles. The minimum absolute atomic E-state index is 0.218. The summed E-state index contributed by atoms with van der Waals surface area (Å²) >= 11 is 0. The van der Waals surface area contributed by atoms with Crippen LogP contribution in [-0.2, 0) is 0 Å². The summed E-state index contributed by atoms with van der Waals surface area (Å²) < 4.78 is 4.98. The molecule has 1 fully saturated rings. The normalized spacial score (nSPS) is 15.7. The third-order valence-electron chi connectivity index (χ3n) is 4.42. The molecule has 4 rings (SSSR count). The highest BCUT2D eigenvalue weighted by Crippen LogP contribution is 2.31. The van der Waals surface area contributed by atoms with Gasteiger partial charge in [0, 0.05) is 19.3 Å². The second-order valence-electron chi connectivity index (χ2n) is 6.04. The van der Waals surface area contributed by atoms with E-state index >= 15 is 0 Å². The van der Waals surface area contributed by atoms with Crippen LogP contribution >= 0.6 is 0 Å². The molecule has 10 heteroatoms. The molecule has 0 saturated carbocycles. The Morgan fingerprint density at radius 3 is 2.73 bits per heavy atom. The number of fused-ring (bicyclic) bond motifs is 1. The van der Waals surface area contributed by atoms with Crippen molar-refractivity contribution in [2.24, 2.45) is 0 Å². The number of hydrogen-bond acceptors (Lipinski definition) is 9. The highest BCUT2D eigenvalue weighted by Gasteiger charge is 2.18. The molecule has 0 radical (unpaired) electrons. The summed E-state index contributed by atoms with van der Waals surface area (Å²) in [4.78, 5) is 2.33. The number of rotatable bonds is 4. The fraction of sp³-hybridized carbons (Fsp3) is 0.375. The molecule has 3 aromatic rings. The molecule has 2 N–H and O–H groups in total. The second kappa shape index (κ2) is 7.18. The number of tetrazole rings is 1. The van der Waals surface area contributed by atoms with E-state index < -0.39 is 0 Å². The van der Waals surface area contributed by atoms with E-state index in [0.29, 0.717) is 16.7 Å². The average molecular weight is 351 g/mol. The maximum absolute atomic E-state index is 9.26. The SMILES string of the molecule is N#CC(=CNc1ccc(N2CCCCCC2)c2nonc12)c1nn[nH]n1. The minimum Gasteiger partial charge on any atom is -0.370 e. The molecule has 0 aliphatic carbocycles. The maximum atomic E-state index is 9.26. The van der Waals surface area contributed by atoms with E-state index in [1.165, 1.54) is 31.9 Å². The molecule has 1 aliphatic rings. The number of hydrogen-bond donors (Lipinski definition) is 2. The van der Waals surface area contributed by atoms with Crippen LogP contribution in [0.2, 0.25) is 0 Å². The zero-order chi connectivity index (χ0) is 17.8. The van der Waals surface area contributed by atoms with Crippen LogP contribution in [0.5, 0.6) is 0 Å². The first-order chi connectivity index (χ1) is 12.9. The Balaban J connectivity index is 1.64. The Kier molecular flexibility index (Phi) is 4.42. The molecule has 132 valence electrons. The van der Waals surface area contributed by atoms with E-state index in [9.17, 15) is 5.26 Å². The summed E-state index contributed by atoms with van der Waals surface area (Å²) in [7, 11) is 0. The molecular formula is C16H17N9O. The minimum atomic E-state index is 0.218. The lowest BCUT2D eigenvalue weighted by molar-refractivity contribution is 0.315. The van der Waals surface area contributed by atoms with Crippen LogP contribution in [0.3, 0.4) is 0 Å². The van der Waals surface area contributed by atoms with Crippen molar-refractivity contribution < 1.29 is 4.63 Å². The summed E-state index contributed by atoms with van der Waals surface area (Å²) in [5.41, 5.74) is 3.30. The Bertz CT molecular complexity index is 946. The number of aromatic amines is 1. The van der Waals surface area contributed by atoms with Crippen LogP contribution in [0.1, 0.15) is 31.5 Å². The predicted octanol–water partition coefficient (Wildman–Crippen LogP) is 2.09. The maximum Gasteiger partial charge on any atom is 0.216 e. The molecule has 0 bridgehead atoms. The second-order valence-corrected chi connectivity index (χ2v) is 6.04. The number of benzene rings is 1. The van der Waals surface area contributed by atoms with E-state index in [-0.39, 0.29) is 11.4 Å². The van der Waals surface area contributed by atoms with Gasteiger partial charge in [-0.2, -0.15) is 10.5 Å². The Morgan fingerprint density at radius 2 is 2.00 bits per heavy atom. The molecule has 0 unspecified atom stereocenters. The first-order valence-electron chi connectivity index (χ1n) is 8.47. The fourth-order valence-electron chi connectivity index (χ4n) is 3.11. The van der Waals surface area contributed by atoms with Crippen LogP contribution in [-0.4, -0.2) is 44.0 Å². The van der Waals surface area contributed by atoms with Crippen molar-refractivity contribution in [1.29, 1.82) is 5.26 Å². The summed E-state index contributed by atoms with van der Waals surface area (Å²) in [6.07, 6.45) is 6.37. The van der Waals surface area contributed by atoms with Crippen molar-refractivity contribution in [3.05, 3.63) is 24.2 Å². The van der Waals surface area contributed by atoms with Crippen molar-refractivity contribution in [1.82, 2.24) is 30.9 Å². The zero-order valence-electron chi connectivity index (χ0n) is 14.0. The number of nitriles is 1. The predicted molar refractivity (Wildman–Crippen MR) is 93.9 cm³/mol. The monoisotopic (exact) mass is 351 g/mol. The van der Waals surface area contributed by atoms with E-state index in [1.807, 2.05) is 18.2 Å². The van der Waals surface area contributed by atoms with Gasteiger partial charge in [0.05, 0.1) is 11.4 Å². The molecule has 0 atom stereocenters. The van der Waals surface area contributed by atoms with Gasteiger partial charge < -0.3 is 10.2 Å². The van der Waals surface area contributed by atoms with Gasteiger partial charge in [-0.25, -0.2) is 4.63 Å². The highest BCUT2D eigenvalue weighted by molar-refractivity contribution is 5.97. The number of nitrogens with one attached hydrogen (secondary N) is 2. The summed E-state index contributed by atoms with van der Waals surface area (Å²) in [5, 5.41) is 33.8. The first kappa shape index (κ1) is 16.0. The quantitative estimate of drug-likeness (QED) is 0.678. The molecule has 0 amide bonds. The van der Waals surface area contributed by atoms with Gasteiger partial charge in [-0.1, -0.05) is 12.8 Å². The lowest BCUT2D eigenvalue weighted by Crippen LogP contribution is -2.24. The smallest absolute Gasteiger partial charge is 0.216 e. The van der Waals surface area contributed by atoms with Crippen LogP contribution in [0.4, 0.5) is 11.4 Å². The summed E-state index contributed by atoms with van der Waals surface area (Å²) in [6, 6.07) is 5.95. The van der Waals surface area contributed by atoms with Gasteiger partial charge in [-0.3, -0.25) is 0 Å². The Morgan fingerprint density at radius 1 is 1.19 bits per heavy atom. The lowest BCUT2D eigenvalue weighted by atomic mass is 10.2. The van der Waals surface area contributed by atoms with Crippen molar-refractivity contribution in [3.63, 3.8) is 0 Å². The van der Waals surface area contributed by atoms with E-state index in [1.54, 1.807) is 0 Å². The molecule has 26 heavy (non-hydrogen) atoms. The fourth-order valence-corrected chi connectivity index (χ4v) is 3.11. The molecule has 10 nitrogen and oxygen atoms in total. The largest absolute Gasteiger partial charge is 0.370 e. The van der Waals surface area contributed by atoms with Gasteiger partial charge in [0.2, 0.25) is 5.82 Å². The van der Waals surface area contributed by atoms with E-state index in [4.69, 9.17) is 4.63 Å². The van der Waals surface area contributed by atoms with Crippen LogP contribution in [0, 0.1) is 11.3 Å². The lowest BCUT2D eigenvalue weighted by Gasteiger charge is -2.22. The molecule has 2 aromatic heterocycles. The first-order valence-corrected chi connectivity index (χ1v) is 8.47. The Labute approximate surface area is 148 Å².